The second kappa shape index (κ2) is 6.23. The Bertz CT molecular complexity index is 70.8. The van der Waals surface area contributed by atoms with Gasteiger partial charge < -0.3 is 4.74 Å². The van der Waals surface area contributed by atoms with Gasteiger partial charge in [-0.15, -0.1) is 0 Å². The Morgan fingerprint density at radius 2 is 1.88 bits per heavy atom. The van der Waals surface area contributed by atoms with E-state index >= 15 is 0 Å². The standard InChI is InChI=1S/C5H10O2.K.H/c1-4(2)5(6)7-3;;/h4H,1-3H3;;. The van der Waals surface area contributed by atoms with Gasteiger partial charge in [-0.05, 0) is 0 Å². The monoisotopic (exact) mass is 142 g/mol. The van der Waals surface area contributed by atoms with Crippen molar-refractivity contribution in [3.05, 3.63) is 0 Å². The summed E-state index contributed by atoms with van der Waals surface area (Å²) in [6.45, 7) is 3.59. The molecule has 0 rings (SSSR count). The molecule has 0 heterocycles. The molecule has 44 valence electrons. The molecule has 0 amide bonds. The molecule has 2 nitrogen and oxygen atoms in total. The molecule has 0 aliphatic heterocycles. The molecule has 0 fully saturated rings. The zero-order valence-corrected chi connectivity index (χ0v) is 4.89. The summed E-state index contributed by atoms with van der Waals surface area (Å²) >= 11 is 0. The van der Waals surface area contributed by atoms with Crippen molar-refractivity contribution >= 4 is 57.4 Å². The summed E-state index contributed by atoms with van der Waals surface area (Å²) in [5.41, 5.74) is 0. The first-order valence-electron chi connectivity index (χ1n) is 2.26. The van der Waals surface area contributed by atoms with Crippen LogP contribution in [-0.4, -0.2) is 64.5 Å². The summed E-state index contributed by atoms with van der Waals surface area (Å²) in [6, 6.07) is 0. The van der Waals surface area contributed by atoms with Gasteiger partial charge in [-0.25, -0.2) is 0 Å². The van der Waals surface area contributed by atoms with Crippen LogP contribution in [0.5, 0.6) is 0 Å². The summed E-state index contributed by atoms with van der Waals surface area (Å²) < 4.78 is 4.37. The van der Waals surface area contributed by atoms with Crippen molar-refractivity contribution in [2.24, 2.45) is 5.92 Å². The van der Waals surface area contributed by atoms with Crippen molar-refractivity contribution in [2.75, 3.05) is 7.11 Å². The van der Waals surface area contributed by atoms with E-state index in [1.807, 2.05) is 0 Å². The molecule has 0 N–H and O–H groups in total. The van der Waals surface area contributed by atoms with Gasteiger partial charge in [-0.2, -0.15) is 0 Å². The molecule has 0 aromatic rings. The first-order valence-corrected chi connectivity index (χ1v) is 2.26. The van der Waals surface area contributed by atoms with Gasteiger partial charge in [0, 0.05) is 0 Å². The molecule has 0 spiro atoms. The Morgan fingerprint density at radius 3 is 1.88 bits per heavy atom. The topological polar surface area (TPSA) is 26.3 Å². The van der Waals surface area contributed by atoms with E-state index in [1.54, 1.807) is 13.8 Å². The van der Waals surface area contributed by atoms with Crippen LogP contribution >= 0.6 is 0 Å². The number of rotatable bonds is 1. The molecular formula is C5H11KO2. The van der Waals surface area contributed by atoms with Crippen LogP contribution in [0.3, 0.4) is 0 Å². The van der Waals surface area contributed by atoms with E-state index in [-0.39, 0.29) is 63.3 Å². The van der Waals surface area contributed by atoms with E-state index in [1.165, 1.54) is 7.11 Å². The number of hydrogen-bond donors (Lipinski definition) is 0. The second-order valence-electron chi connectivity index (χ2n) is 1.68. The van der Waals surface area contributed by atoms with Crippen LogP contribution in [-0.2, 0) is 9.53 Å². The van der Waals surface area contributed by atoms with Gasteiger partial charge in [0.05, 0.1) is 13.0 Å². The fraction of sp³-hybridized carbons (Fsp3) is 0.800. The van der Waals surface area contributed by atoms with E-state index in [9.17, 15) is 4.79 Å². The van der Waals surface area contributed by atoms with Gasteiger partial charge >= 0.3 is 57.4 Å². The Labute approximate surface area is 92.4 Å². The van der Waals surface area contributed by atoms with E-state index in [2.05, 4.69) is 4.74 Å². The third-order valence-corrected chi connectivity index (χ3v) is 0.673. The van der Waals surface area contributed by atoms with Crippen LogP contribution in [0.25, 0.3) is 0 Å². The van der Waals surface area contributed by atoms with Crippen LogP contribution in [0, 0.1) is 5.92 Å². The van der Waals surface area contributed by atoms with Gasteiger partial charge in [0.25, 0.3) is 0 Å². The molecule has 0 aliphatic carbocycles. The predicted molar refractivity (Wildman–Crippen MR) is 34.0 cm³/mol. The number of hydrogen-bond acceptors (Lipinski definition) is 2. The van der Waals surface area contributed by atoms with E-state index in [0.29, 0.717) is 0 Å². The van der Waals surface area contributed by atoms with Crippen molar-refractivity contribution in [2.45, 2.75) is 13.8 Å². The maximum atomic E-state index is 10.3. The Morgan fingerprint density at radius 1 is 1.50 bits per heavy atom. The van der Waals surface area contributed by atoms with Crippen molar-refractivity contribution in [1.29, 1.82) is 0 Å². The van der Waals surface area contributed by atoms with Crippen molar-refractivity contribution in [3.8, 4) is 0 Å². The normalized spacial score (nSPS) is 8.00. The average molecular weight is 142 g/mol. The predicted octanol–water partition coefficient (Wildman–Crippen LogP) is 0.167. The quantitative estimate of drug-likeness (QED) is 0.385. The number of carbonyl (C=O) groups is 1. The zero-order chi connectivity index (χ0) is 5.86. The zero-order valence-electron chi connectivity index (χ0n) is 4.89. The number of ether oxygens (including phenoxy) is 1. The van der Waals surface area contributed by atoms with Gasteiger partial charge in [-0.1, -0.05) is 13.8 Å². The van der Waals surface area contributed by atoms with Crippen LogP contribution in [0.2, 0.25) is 0 Å². The fourth-order valence-corrected chi connectivity index (χ4v) is 0.236. The number of esters is 1. The van der Waals surface area contributed by atoms with E-state index < -0.39 is 0 Å². The second-order valence-corrected chi connectivity index (χ2v) is 1.68. The molecule has 0 atom stereocenters. The minimum atomic E-state index is -0.153. The molecule has 0 radical (unpaired) electrons. The molecular weight excluding hydrogens is 131 g/mol. The minimum absolute atomic E-state index is 0. The van der Waals surface area contributed by atoms with Crippen LogP contribution in [0.15, 0.2) is 0 Å². The molecule has 0 aliphatic rings. The molecule has 8 heavy (non-hydrogen) atoms. The molecule has 0 unspecified atom stereocenters. The van der Waals surface area contributed by atoms with Crippen LogP contribution in [0.1, 0.15) is 13.8 Å². The molecule has 0 bridgehead atoms. The van der Waals surface area contributed by atoms with Gasteiger partial charge in [-0.3, -0.25) is 4.79 Å². The van der Waals surface area contributed by atoms with E-state index in [0.717, 1.165) is 0 Å². The SMILES string of the molecule is COC(=O)C(C)C.[KH]. The molecule has 0 saturated heterocycles. The summed E-state index contributed by atoms with van der Waals surface area (Å²) in [5.74, 6) is -0.148. The summed E-state index contributed by atoms with van der Waals surface area (Å²) in [6.07, 6.45) is 0. The molecule has 0 saturated carbocycles. The van der Waals surface area contributed by atoms with Crippen LogP contribution in [0.4, 0.5) is 0 Å². The van der Waals surface area contributed by atoms with Crippen molar-refractivity contribution in [1.82, 2.24) is 0 Å². The van der Waals surface area contributed by atoms with Gasteiger partial charge in [0.1, 0.15) is 0 Å². The molecule has 0 aromatic carbocycles. The Hall–Kier alpha value is 1.11. The summed E-state index contributed by atoms with van der Waals surface area (Å²) in [4.78, 5) is 10.3. The molecule has 3 heteroatoms. The summed E-state index contributed by atoms with van der Waals surface area (Å²) in [7, 11) is 1.39. The Balaban J connectivity index is 0. The average Bonchev–Trinajstić information content (AvgIpc) is 1.65. The summed E-state index contributed by atoms with van der Waals surface area (Å²) in [5, 5.41) is 0. The maximum absolute atomic E-state index is 10.3. The van der Waals surface area contributed by atoms with Gasteiger partial charge in [0.2, 0.25) is 0 Å². The van der Waals surface area contributed by atoms with Crippen LogP contribution < -0.4 is 0 Å². The number of carbonyl (C=O) groups excluding carboxylic acids is 1. The van der Waals surface area contributed by atoms with Crippen molar-refractivity contribution in [3.63, 3.8) is 0 Å². The first kappa shape index (κ1) is 11.8. The fourth-order valence-electron chi connectivity index (χ4n) is 0.236. The molecule has 0 aromatic heterocycles. The number of methoxy groups -OCH3 is 1. The first-order chi connectivity index (χ1) is 3.18. The van der Waals surface area contributed by atoms with Gasteiger partial charge in [0.15, 0.2) is 0 Å². The Kier molecular flexibility index (Phi) is 9.23. The third kappa shape index (κ3) is 5.25. The van der Waals surface area contributed by atoms with E-state index in [4.69, 9.17) is 0 Å². The van der Waals surface area contributed by atoms with Crippen molar-refractivity contribution < 1.29 is 9.53 Å². The third-order valence-electron chi connectivity index (χ3n) is 0.673.